The van der Waals surface area contributed by atoms with Crippen LogP contribution in [0.15, 0.2) is 17.0 Å². The lowest BCUT2D eigenvalue weighted by atomic mass is 10.2. The molecule has 114 valence electrons. The second kappa shape index (κ2) is 6.30. The van der Waals surface area contributed by atoms with Gasteiger partial charge in [0.25, 0.3) is 0 Å². The molecule has 0 saturated heterocycles. The minimum atomic E-state index is -3.83. The highest BCUT2D eigenvalue weighted by Crippen LogP contribution is 2.25. The second-order valence-corrected chi connectivity index (χ2v) is 8.90. The van der Waals surface area contributed by atoms with Crippen molar-refractivity contribution in [1.29, 1.82) is 0 Å². The molecule has 20 heavy (non-hydrogen) atoms. The zero-order valence-corrected chi connectivity index (χ0v) is 13.6. The predicted molar refractivity (Wildman–Crippen MR) is 80.1 cm³/mol. The fourth-order valence-corrected chi connectivity index (χ4v) is 3.60. The maximum absolute atomic E-state index is 12.0. The molecule has 0 bridgehead atoms. The van der Waals surface area contributed by atoms with E-state index in [9.17, 15) is 16.8 Å². The van der Waals surface area contributed by atoms with Crippen LogP contribution in [-0.2, 0) is 19.9 Å². The van der Waals surface area contributed by atoms with Gasteiger partial charge in [-0.3, -0.25) is 0 Å². The first-order valence-corrected chi connectivity index (χ1v) is 9.53. The third-order valence-corrected chi connectivity index (χ3v) is 6.35. The maximum Gasteiger partial charge on any atom is 0.240 e. The van der Waals surface area contributed by atoms with Gasteiger partial charge in [0.1, 0.15) is 0 Å². The molecule has 0 radical (unpaired) electrons. The summed E-state index contributed by atoms with van der Waals surface area (Å²) in [6.07, 6.45) is 0. The Morgan fingerprint density at radius 2 is 1.85 bits per heavy atom. The summed E-state index contributed by atoms with van der Waals surface area (Å²) in [4.78, 5) is -0.0838. The fourth-order valence-electron chi connectivity index (χ4n) is 1.39. The number of hydrogen-bond acceptors (Lipinski definition) is 5. The normalized spacial score (nSPS) is 12.6. The number of anilines is 1. The van der Waals surface area contributed by atoms with Crippen molar-refractivity contribution in [1.82, 2.24) is 4.72 Å². The Bertz CT molecular complexity index is 676. The standard InChI is InChI=1S/C11H17ClN2O4S2/c1-3-19(15,16)5-4-14-20(17,18)9-6-10(12)8(2)11(13)7-9/h6-7,14H,3-5,13H2,1-2H3. The molecular formula is C11H17ClN2O4S2. The second-order valence-electron chi connectivity index (χ2n) is 4.25. The number of nitrogen functional groups attached to an aromatic ring is 1. The molecule has 0 heterocycles. The summed E-state index contributed by atoms with van der Waals surface area (Å²) in [6.45, 7) is 2.99. The lowest BCUT2D eigenvalue weighted by Gasteiger charge is -2.10. The van der Waals surface area contributed by atoms with E-state index in [4.69, 9.17) is 17.3 Å². The molecule has 0 aliphatic heterocycles. The minimum absolute atomic E-state index is 0.0297. The number of nitrogens with one attached hydrogen (secondary N) is 1. The lowest BCUT2D eigenvalue weighted by molar-refractivity contribution is 0.581. The van der Waals surface area contributed by atoms with E-state index in [1.54, 1.807) is 6.92 Å². The molecule has 0 aliphatic rings. The summed E-state index contributed by atoms with van der Waals surface area (Å²) in [5.74, 6) is -0.282. The number of hydrogen-bond donors (Lipinski definition) is 2. The van der Waals surface area contributed by atoms with Crippen molar-refractivity contribution < 1.29 is 16.8 Å². The van der Waals surface area contributed by atoms with Crippen LogP contribution in [0.25, 0.3) is 0 Å². The van der Waals surface area contributed by atoms with Crippen LogP contribution in [-0.4, -0.2) is 34.9 Å². The van der Waals surface area contributed by atoms with Gasteiger partial charge in [-0.2, -0.15) is 0 Å². The third-order valence-electron chi connectivity index (χ3n) is 2.81. The van der Waals surface area contributed by atoms with Crippen LogP contribution in [0.1, 0.15) is 12.5 Å². The van der Waals surface area contributed by atoms with Crippen LogP contribution in [0.5, 0.6) is 0 Å². The first kappa shape index (κ1) is 17.2. The SMILES string of the molecule is CCS(=O)(=O)CCNS(=O)(=O)c1cc(N)c(C)c(Cl)c1. The highest BCUT2D eigenvalue weighted by Gasteiger charge is 2.17. The summed E-state index contributed by atoms with van der Waals surface area (Å²) in [7, 11) is -7.06. The molecule has 0 unspecified atom stereocenters. The quantitative estimate of drug-likeness (QED) is 0.750. The van der Waals surface area contributed by atoms with Crippen molar-refractivity contribution in [2.75, 3.05) is 23.8 Å². The molecule has 0 aliphatic carbocycles. The summed E-state index contributed by atoms with van der Waals surface area (Å²) >= 11 is 5.89. The third kappa shape index (κ3) is 4.34. The van der Waals surface area contributed by atoms with Crippen molar-refractivity contribution in [3.63, 3.8) is 0 Å². The molecule has 9 heteroatoms. The number of benzene rings is 1. The van der Waals surface area contributed by atoms with Crippen LogP contribution in [0, 0.1) is 6.92 Å². The molecular weight excluding hydrogens is 324 g/mol. The first-order valence-electron chi connectivity index (χ1n) is 5.85. The Hall–Kier alpha value is -0.830. The topological polar surface area (TPSA) is 106 Å². The Labute approximate surface area is 124 Å². The number of nitrogens with two attached hydrogens (primary N) is 1. The molecule has 0 fully saturated rings. The average Bonchev–Trinajstić information content (AvgIpc) is 2.34. The highest BCUT2D eigenvalue weighted by atomic mass is 35.5. The molecule has 6 nitrogen and oxygen atoms in total. The summed E-state index contributed by atoms with van der Waals surface area (Å²) in [6, 6.07) is 2.57. The van der Waals surface area contributed by atoms with Crippen molar-refractivity contribution in [3.8, 4) is 0 Å². The molecule has 1 rings (SSSR count). The van der Waals surface area contributed by atoms with Crippen molar-refractivity contribution >= 4 is 37.1 Å². The van der Waals surface area contributed by atoms with Gasteiger partial charge < -0.3 is 5.73 Å². The Morgan fingerprint density at radius 3 is 2.35 bits per heavy atom. The monoisotopic (exact) mass is 340 g/mol. The minimum Gasteiger partial charge on any atom is -0.398 e. The van der Waals surface area contributed by atoms with E-state index in [-0.39, 0.29) is 33.7 Å². The smallest absolute Gasteiger partial charge is 0.240 e. The van der Waals surface area contributed by atoms with E-state index in [1.165, 1.54) is 19.1 Å². The van der Waals surface area contributed by atoms with Crippen LogP contribution < -0.4 is 10.5 Å². The summed E-state index contributed by atoms with van der Waals surface area (Å²) in [5, 5.41) is 0.242. The fraction of sp³-hybridized carbons (Fsp3) is 0.455. The van der Waals surface area contributed by atoms with Gasteiger partial charge in [-0.1, -0.05) is 18.5 Å². The largest absolute Gasteiger partial charge is 0.398 e. The molecule has 0 aromatic heterocycles. The zero-order valence-electron chi connectivity index (χ0n) is 11.2. The summed E-state index contributed by atoms with van der Waals surface area (Å²) in [5.41, 5.74) is 6.52. The molecule has 0 amide bonds. The van der Waals surface area contributed by atoms with Gasteiger partial charge in [-0.25, -0.2) is 21.6 Å². The molecule has 0 atom stereocenters. The first-order chi connectivity index (χ1) is 9.09. The van der Waals surface area contributed by atoms with E-state index >= 15 is 0 Å². The molecule has 3 N–H and O–H groups in total. The zero-order chi connectivity index (χ0) is 15.6. The van der Waals surface area contributed by atoms with Gasteiger partial charge in [0, 0.05) is 23.0 Å². The Balaban J connectivity index is 2.90. The average molecular weight is 341 g/mol. The van der Waals surface area contributed by atoms with Crippen LogP contribution >= 0.6 is 11.6 Å². The number of sulfonamides is 1. The number of sulfone groups is 1. The predicted octanol–water partition coefficient (Wildman–Crippen LogP) is 0.944. The molecule has 1 aromatic rings. The lowest BCUT2D eigenvalue weighted by Crippen LogP contribution is -2.29. The van der Waals surface area contributed by atoms with Crippen LogP contribution in [0.4, 0.5) is 5.69 Å². The van der Waals surface area contributed by atoms with E-state index in [2.05, 4.69) is 4.72 Å². The summed E-state index contributed by atoms with van der Waals surface area (Å²) < 4.78 is 48.8. The van der Waals surface area contributed by atoms with Gasteiger partial charge in [0.15, 0.2) is 9.84 Å². The van der Waals surface area contributed by atoms with Crippen LogP contribution in [0.2, 0.25) is 5.02 Å². The van der Waals surface area contributed by atoms with Gasteiger partial charge in [0.2, 0.25) is 10.0 Å². The van der Waals surface area contributed by atoms with E-state index in [1.807, 2.05) is 0 Å². The van der Waals surface area contributed by atoms with Crippen LogP contribution in [0.3, 0.4) is 0 Å². The number of rotatable bonds is 6. The maximum atomic E-state index is 12.0. The van der Waals surface area contributed by atoms with Gasteiger partial charge in [-0.05, 0) is 24.6 Å². The molecule has 1 aromatic carbocycles. The van der Waals surface area contributed by atoms with E-state index in [0.29, 0.717) is 5.56 Å². The molecule has 0 saturated carbocycles. The van der Waals surface area contributed by atoms with Crippen molar-refractivity contribution in [3.05, 3.63) is 22.7 Å². The van der Waals surface area contributed by atoms with Gasteiger partial charge in [0.05, 0.1) is 10.6 Å². The highest BCUT2D eigenvalue weighted by molar-refractivity contribution is 7.91. The Kier molecular flexibility index (Phi) is 5.42. The number of halogens is 1. The van der Waals surface area contributed by atoms with Crippen molar-refractivity contribution in [2.45, 2.75) is 18.7 Å². The Morgan fingerprint density at radius 1 is 1.25 bits per heavy atom. The molecule has 0 spiro atoms. The van der Waals surface area contributed by atoms with Gasteiger partial charge >= 0.3 is 0 Å². The van der Waals surface area contributed by atoms with E-state index < -0.39 is 19.9 Å². The van der Waals surface area contributed by atoms with Gasteiger partial charge in [-0.15, -0.1) is 0 Å². The van der Waals surface area contributed by atoms with Crippen molar-refractivity contribution in [2.24, 2.45) is 0 Å². The van der Waals surface area contributed by atoms with E-state index in [0.717, 1.165) is 0 Å².